The molecule has 1 aromatic carbocycles. The van der Waals surface area contributed by atoms with Gasteiger partial charge in [0, 0.05) is 5.69 Å². The fourth-order valence-electron chi connectivity index (χ4n) is 1.49. The lowest BCUT2D eigenvalue weighted by Crippen LogP contribution is -2.34. The second-order valence-electron chi connectivity index (χ2n) is 3.55. The Morgan fingerprint density at radius 2 is 2.18 bits per heavy atom. The first-order valence-corrected chi connectivity index (χ1v) is 5.33. The van der Waals surface area contributed by atoms with Crippen LogP contribution in [-0.2, 0) is 16.0 Å². The highest BCUT2D eigenvalue weighted by Gasteiger charge is 2.16. The number of carboxylic acids is 1. The van der Waals surface area contributed by atoms with E-state index >= 15 is 0 Å². The average molecular weight is 233 g/mol. The summed E-state index contributed by atoms with van der Waals surface area (Å²) in [7, 11) is 0. The number of aryl methyl sites for hydroxylation is 1. The summed E-state index contributed by atoms with van der Waals surface area (Å²) in [5.74, 6) is -1.47. The van der Waals surface area contributed by atoms with Crippen LogP contribution < -0.4 is 4.90 Å². The summed E-state index contributed by atoms with van der Waals surface area (Å²) in [5, 5.41) is 8.79. The zero-order chi connectivity index (χ0) is 12.8. The van der Waals surface area contributed by atoms with Crippen LogP contribution >= 0.6 is 0 Å². The van der Waals surface area contributed by atoms with Gasteiger partial charge in [-0.15, -0.1) is 0 Å². The van der Waals surface area contributed by atoms with Gasteiger partial charge < -0.3 is 5.11 Å². The molecule has 0 unspecified atom stereocenters. The summed E-state index contributed by atoms with van der Waals surface area (Å²) in [5.41, 5.74) is 1.63. The van der Waals surface area contributed by atoms with Crippen LogP contribution in [0.15, 0.2) is 36.9 Å². The third-order valence-corrected chi connectivity index (χ3v) is 2.36. The number of benzene rings is 1. The van der Waals surface area contributed by atoms with Crippen LogP contribution in [0, 0.1) is 0 Å². The second-order valence-corrected chi connectivity index (χ2v) is 3.55. The third-order valence-electron chi connectivity index (χ3n) is 2.36. The Balaban J connectivity index is 3.06. The van der Waals surface area contributed by atoms with Gasteiger partial charge in [-0.2, -0.15) is 0 Å². The molecule has 1 amide bonds. The molecule has 0 saturated heterocycles. The van der Waals surface area contributed by atoms with Crippen LogP contribution in [0.25, 0.3) is 0 Å². The van der Waals surface area contributed by atoms with Gasteiger partial charge in [0.15, 0.2) is 0 Å². The van der Waals surface area contributed by atoms with E-state index in [1.54, 1.807) is 12.1 Å². The van der Waals surface area contributed by atoms with Gasteiger partial charge in [0.2, 0.25) is 0 Å². The number of carboxylic acid groups (broad SMARTS) is 1. The van der Waals surface area contributed by atoms with E-state index in [1.807, 2.05) is 19.1 Å². The van der Waals surface area contributed by atoms with Crippen LogP contribution in [0.2, 0.25) is 0 Å². The van der Waals surface area contributed by atoms with Crippen molar-refractivity contribution in [1.82, 2.24) is 0 Å². The molecule has 1 aromatic rings. The molecule has 17 heavy (non-hydrogen) atoms. The SMILES string of the molecule is C=CC(=O)N(CC(=O)O)c1cccc(CC)c1. The molecule has 0 aromatic heterocycles. The molecule has 90 valence electrons. The normalized spacial score (nSPS) is 9.71. The Labute approximate surface area is 100 Å². The van der Waals surface area contributed by atoms with Gasteiger partial charge in [-0.05, 0) is 30.2 Å². The van der Waals surface area contributed by atoms with Crippen molar-refractivity contribution in [2.75, 3.05) is 11.4 Å². The largest absolute Gasteiger partial charge is 0.480 e. The lowest BCUT2D eigenvalue weighted by Gasteiger charge is -2.19. The highest BCUT2D eigenvalue weighted by atomic mass is 16.4. The summed E-state index contributed by atoms with van der Waals surface area (Å²) in [6, 6.07) is 7.26. The smallest absolute Gasteiger partial charge is 0.323 e. The molecule has 0 aliphatic heterocycles. The maximum Gasteiger partial charge on any atom is 0.323 e. The van der Waals surface area contributed by atoms with Crippen molar-refractivity contribution < 1.29 is 14.7 Å². The molecule has 0 aliphatic rings. The van der Waals surface area contributed by atoms with E-state index in [1.165, 1.54) is 4.90 Å². The van der Waals surface area contributed by atoms with Crippen molar-refractivity contribution in [1.29, 1.82) is 0 Å². The number of anilines is 1. The van der Waals surface area contributed by atoms with Gasteiger partial charge in [-0.1, -0.05) is 25.6 Å². The van der Waals surface area contributed by atoms with E-state index in [2.05, 4.69) is 6.58 Å². The van der Waals surface area contributed by atoms with E-state index < -0.39 is 11.9 Å². The van der Waals surface area contributed by atoms with Gasteiger partial charge in [0.05, 0.1) is 0 Å². The molecule has 1 N–H and O–H groups in total. The van der Waals surface area contributed by atoms with Gasteiger partial charge in [-0.3, -0.25) is 14.5 Å². The summed E-state index contributed by atoms with van der Waals surface area (Å²) < 4.78 is 0. The molecule has 4 nitrogen and oxygen atoms in total. The monoisotopic (exact) mass is 233 g/mol. The average Bonchev–Trinajstić information content (AvgIpc) is 2.35. The van der Waals surface area contributed by atoms with Crippen LogP contribution in [0.5, 0.6) is 0 Å². The quantitative estimate of drug-likeness (QED) is 0.789. The number of hydrogen-bond acceptors (Lipinski definition) is 2. The van der Waals surface area contributed by atoms with Crippen molar-refractivity contribution >= 4 is 17.6 Å². The molecule has 4 heteroatoms. The van der Waals surface area contributed by atoms with Crippen molar-refractivity contribution in [3.8, 4) is 0 Å². The molecule has 0 spiro atoms. The Kier molecular flexibility index (Phi) is 4.46. The number of carbonyl (C=O) groups excluding carboxylic acids is 1. The number of carbonyl (C=O) groups is 2. The van der Waals surface area contributed by atoms with Crippen molar-refractivity contribution in [3.05, 3.63) is 42.5 Å². The number of nitrogens with zero attached hydrogens (tertiary/aromatic N) is 1. The van der Waals surface area contributed by atoms with Gasteiger partial charge in [0.25, 0.3) is 5.91 Å². The Morgan fingerprint density at radius 3 is 2.71 bits per heavy atom. The lowest BCUT2D eigenvalue weighted by atomic mass is 10.1. The highest BCUT2D eigenvalue weighted by molar-refractivity contribution is 6.03. The highest BCUT2D eigenvalue weighted by Crippen LogP contribution is 2.17. The first-order chi connectivity index (χ1) is 8.08. The van der Waals surface area contributed by atoms with E-state index in [9.17, 15) is 9.59 Å². The molecule has 0 saturated carbocycles. The number of aliphatic carboxylic acids is 1. The minimum atomic E-state index is -1.05. The topological polar surface area (TPSA) is 57.6 Å². The standard InChI is InChI=1S/C13H15NO3/c1-3-10-6-5-7-11(8-10)14(9-13(16)17)12(15)4-2/h4-8H,2-3,9H2,1H3,(H,16,17). The fourth-order valence-corrected chi connectivity index (χ4v) is 1.49. The van der Waals surface area contributed by atoms with Crippen molar-refractivity contribution in [2.45, 2.75) is 13.3 Å². The number of rotatable bonds is 5. The summed E-state index contributed by atoms with van der Waals surface area (Å²) in [4.78, 5) is 23.5. The summed E-state index contributed by atoms with van der Waals surface area (Å²) >= 11 is 0. The Hall–Kier alpha value is -2.10. The fraction of sp³-hybridized carbons (Fsp3) is 0.231. The van der Waals surface area contributed by atoms with E-state index in [0.29, 0.717) is 5.69 Å². The molecule has 0 bridgehead atoms. The van der Waals surface area contributed by atoms with Gasteiger partial charge in [-0.25, -0.2) is 0 Å². The van der Waals surface area contributed by atoms with Gasteiger partial charge in [0.1, 0.15) is 6.54 Å². The first kappa shape index (κ1) is 13.0. The Bertz CT molecular complexity index is 440. The van der Waals surface area contributed by atoms with E-state index in [-0.39, 0.29) is 6.54 Å². The predicted molar refractivity (Wildman–Crippen MR) is 66.0 cm³/mol. The minimum absolute atomic E-state index is 0.363. The molecular weight excluding hydrogens is 218 g/mol. The third kappa shape index (κ3) is 3.45. The maximum absolute atomic E-state index is 11.6. The summed E-state index contributed by atoms with van der Waals surface area (Å²) in [6.07, 6.45) is 1.94. The van der Waals surface area contributed by atoms with Crippen molar-refractivity contribution in [3.63, 3.8) is 0 Å². The van der Waals surface area contributed by atoms with Crippen LogP contribution in [0.3, 0.4) is 0 Å². The van der Waals surface area contributed by atoms with Crippen LogP contribution in [-0.4, -0.2) is 23.5 Å². The number of hydrogen-bond donors (Lipinski definition) is 1. The maximum atomic E-state index is 11.6. The second kappa shape index (κ2) is 5.84. The molecule has 0 atom stereocenters. The Morgan fingerprint density at radius 1 is 1.47 bits per heavy atom. The van der Waals surface area contributed by atoms with Crippen LogP contribution in [0.1, 0.15) is 12.5 Å². The van der Waals surface area contributed by atoms with Crippen molar-refractivity contribution in [2.24, 2.45) is 0 Å². The molecular formula is C13H15NO3. The number of amides is 1. The first-order valence-electron chi connectivity index (χ1n) is 5.33. The minimum Gasteiger partial charge on any atom is -0.480 e. The molecule has 0 radical (unpaired) electrons. The van der Waals surface area contributed by atoms with E-state index in [4.69, 9.17) is 5.11 Å². The van der Waals surface area contributed by atoms with Crippen LogP contribution in [0.4, 0.5) is 5.69 Å². The zero-order valence-corrected chi connectivity index (χ0v) is 9.72. The zero-order valence-electron chi connectivity index (χ0n) is 9.72. The van der Waals surface area contributed by atoms with E-state index in [0.717, 1.165) is 18.1 Å². The van der Waals surface area contributed by atoms with Gasteiger partial charge >= 0.3 is 5.97 Å². The lowest BCUT2D eigenvalue weighted by molar-refractivity contribution is -0.136. The molecule has 0 heterocycles. The molecule has 0 fully saturated rings. The molecule has 1 rings (SSSR count). The molecule has 0 aliphatic carbocycles. The summed E-state index contributed by atoms with van der Waals surface area (Å²) in [6.45, 7) is 5.01. The predicted octanol–water partition coefficient (Wildman–Crippen LogP) is 1.85.